The molecule has 0 amide bonds. The van der Waals surface area contributed by atoms with Crippen LogP contribution in [0.25, 0.3) is 21.9 Å². The summed E-state index contributed by atoms with van der Waals surface area (Å²) in [5.41, 5.74) is -1.24. The predicted octanol–water partition coefficient (Wildman–Crippen LogP) is 5.37. The van der Waals surface area contributed by atoms with Gasteiger partial charge >= 0.3 is 0 Å². The van der Waals surface area contributed by atoms with Crippen molar-refractivity contribution in [1.82, 2.24) is 0 Å². The molecule has 21 heavy (non-hydrogen) atoms. The SMILES string of the molecule is Cc1c(F)c(F)c(-c2ccc3ccccc3c2)c(F)c1F. The highest BCUT2D eigenvalue weighted by Crippen LogP contribution is 2.33. The van der Waals surface area contributed by atoms with Gasteiger partial charge in [0, 0.05) is 5.56 Å². The highest BCUT2D eigenvalue weighted by atomic mass is 19.2. The third kappa shape index (κ3) is 2.07. The number of rotatable bonds is 1. The van der Waals surface area contributed by atoms with Crippen LogP contribution in [0.3, 0.4) is 0 Å². The molecule has 0 N–H and O–H groups in total. The molecule has 106 valence electrons. The molecule has 0 unspecified atom stereocenters. The number of fused-ring (bicyclic) bond motifs is 1. The average molecular weight is 290 g/mol. The number of halogens is 4. The Kier molecular flexibility index (Phi) is 3.16. The van der Waals surface area contributed by atoms with Crippen LogP contribution in [0.5, 0.6) is 0 Å². The van der Waals surface area contributed by atoms with Crippen molar-refractivity contribution >= 4 is 10.8 Å². The quantitative estimate of drug-likeness (QED) is 0.417. The van der Waals surface area contributed by atoms with E-state index in [2.05, 4.69) is 0 Å². The standard InChI is InChI=1S/C17H10F4/c1-9-14(18)16(20)13(17(21)15(9)19)12-7-6-10-4-2-3-5-11(10)8-12/h2-8H,1H3. The van der Waals surface area contributed by atoms with Gasteiger partial charge in [0.2, 0.25) is 0 Å². The number of benzene rings is 3. The molecule has 0 radical (unpaired) electrons. The Morgan fingerprint density at radius 2 is 1.24 bits per heavy atom. The molecule has 0 spiro atoms. The molecule has 0 fully saturated rings. The van der Waals surface area contributed by atoms with Crippen LogP contribution in [0.1, 0.15) is 5.56 Å². The van der Waals surface area contributed by atoms with Crippen molar-refractivity contribution in [2.45, 2.75) is 6.92 Å². The summed E-state index contributed by atoms with van der Waals surface area (Å²) in [6.45, 7) is 1.00. The Labute approximate surface area is 118 Å². The first kappa shape index (κ1) is 13.6. The monoisotopic (exact) mass is 290 g/mol. The Morgan fingerprint density at radius 3 is 1.86 bits per heavy atom. The van der Waals surface area contributed by atoms with E-state index in [4.69, 9.17) is 0 Å². The predicted molar refractivity (Wildman–Crippen MR) is 74.0 cm³/mol. The minimum absolute atomic E-state index is 0.0986. The van der Waals surface area contributed by atoms with Crippen LogP contribution < -0.4 is 0 Å². The summed E-state index contributed by atoms with van der Waals surface area (Å²) in [7, 11) is 0. The lowest BCUT2D eigenvalue weighted by atomic mass is 9.98. The van der Waals surface area contributed by atoms with Crippen molar-refractivity contribution in [3.8, 4) is 11.1 Å². The summed E-state index contributed by atoms with van der Waals surface area (Å²) in [6, 6.07) is 11.8. The molecule has 0 aliphatic heterocycles. The van der Waals surface area contributed by atoms with Crippen LogP contribution in [-0.2, 0) is 0 Å². The highest BCUT2D eigenvalue weighted by Gasteiger charge is 2.24. The van der Waals surface area contributed by atoms with Gasteiger partial charge in [0.15, 0.2) is 23.3 Å². The second kappa shape index (κ2) is 4.88. The minimum Gasteiger partial charge on any atom is -0.203 e. The molecule has 0 saturated heterocycles. The van der Waals surface area contributed by atoms with Gasteiger partial charge in [-0.1, -0.05) is 36.4 Å². The molecular weight excluding hydrogens is 280 g/mol. The molecule has 3 aromatic carbocycles. The minimum atomic E-state index is -1.37. The third-order valence-electron chi connectivity index (χ3n) is 3.52. The van der Waals surface area contributed by atoms with E-state index in [1.165, 1.54) is 12.1 Å². The zero-order valence-electron chi connectivity index (χ0n) is 11.1. The van der Waals surface area contributed by atoms with E-state index < -0.39 is 34.4 Å². The Bertz CT molecular complexity index is 824. The van der Waals surface area contributed by atoms with Crippen LogP contribution in [0.15, 0.2) is 42.5 Å². The lowest BCUT2D eigenvalue weighted by molar-refractivity contribution is 0.449. The maximum atomic E-state index is 14.0. The number of hydrogen-bond donors (Lipinski definition) is 0. The summed E-state index contributed by atoms with van der Waals surface area (Å²) < 4.78 is 55.3. The first-order chi connectivity index (χ1) is 10.0. The molecule has 0 heterocycles. The van der Waals surface area contributed by atoms with Crippen molar-refractivity contribution in [3.05, 3.63) is 71.3 Å². The fraction of sp³-hybridized carbons (Fsp3) is 0.0588. The smallest absolute Gasteiger partial charge is 0.170 e. The topological polar surface area (TPSA) is 0 Å². The highest BCUT2D eigenvalue weighted by molar-refractivity contribution is 5.87. The lowest BCUT2D eigenvalue weighted by Crippen LogP contribution is -2.03. The van der Waals surface area contributed by atoms with E-state index >= 15 is 0 Å². The van der Waals surface area contributed by atoms with Crippen LogP contribution in [-0.4, -0.2) is 0 Å². The first-order valence-electron chi connectivity index (χ1n) is 6.32. The van der Waals surface area contributed by atoms with Crippen molar-refractivity contribution in [1.29, 1.82) is 0 Å². The molecule has 3 rings (SSSR count). The van der Waals surface area contributed by atoms with Gasteiger partial charge in [-0.25, -0.2) is 17.6 Å². The van der Waals surface area contributed by atoms with Crippen molar-refractivity contribution in [2.75, 3.05) is 0 Å². The maximum absolute atomic E-state index is 14.0. The normalized spacial score (nSPS) is 11.1. The van der Waals surface area contributed by atoms with Gasteiger partial charge in [0.05, 0.1) is 5.56 Å². The molecule has 0 bridgehead atoms. The van der Waals surface area contributed by atoms with E-state index in [1.807, 2.05) is 12.1 Å². The zero-order chi connectivity index (χ0) is 15.1. The molecule has 0 aromatic heterocycles. The summed E-state index contributed by atoms with van der Waals surface area (Å²) in [5, 5.41) is 1.60. The summed E-state index contributed by atoms with van der Waals surface area (Å²) >= 11 is 0. The van der Waals surface area contributed by atoms with Crippen molar-refractivity contribution in [2.24, 2.45) is 0 Å². The van der Waals surface area contributed by atoms with Gasteiger partial charge in [-0.05, 0) is 29.3 Å². The molecule has 0 saturated carbocycles. The van der Waals surface area contributed by atoms with E-state index in [9.17, 15) is 17.6 Å². The Balaban J connectivity index is 2.32. The van der Waals surface area contributed by atoms with E-state index in [0.717, 1.165) is 17.7 Å². The molecule has 0 atom stereocenters. The van der Waals surface area contributed by atoms with E-state index in [-0.39, 0.29) is 5.56 Å². The van der Waals surface area contributed by atoms with E-state index in [1.54, 1.807) is 18.2 Å². The Morgan fingerprint density at radius 1 is 0.667 bits per heavy atom. The fourth-order valence-corrected chi connectivity index (χ4v) is 2.34. The second-order valence-corrected chi connectivity index (χ2v) is 4.82. The molecular formula is C17H10F4. The average Bonchev–Trinajstić information content (AvgIpc) is 2.51. The molecule has 0 nitrogen and oxygen atoms in total. The van der Waals surface area contributed by atoms with Gasteiger partial charge < -0.3 is 0 Å². The van der Waals surface area contributed by atoms with Gasteiger partial charge in [-0.2, -0.15) is 0 Å². The number of hydrogen-bond acceptors (Lipinski definition) is 0. The first-order valence-corrected chi connectivity index (χ1v) is 6.32. The van der Waals surface area contributed by atoms with E-state index in [0.29, 0.717) is 0 Å². The van der Waals surface area contributed by atoms with Gasteiger partial charge in [-0.15, -0.1) is 0 Å². The summed E-state index contributed by atoms with van der Waals surface area (Å²) in [4.78, 5) is 0. The van der Waals surface area contributed by atoms with Gasteiger partial charge in [0.25, 0.3) is 0 Å². The largest absolute Gasteiger partial charge is 0.203 e. The second-order valence-electron chi connectivity index (χ2n) is 4.82. The van der Waals surface area contributed by atoms with Crippen LogP contribution in [0.2, 0.25) is 0 Å². The van der Waals surface area contributed by atoms with Crippen LogP contribution >= 0.6 is 0 Å². The molecule has 0 aliphatic rings. The fourth-order valence-electron chi connectivity index (χ4n) is 2.34. The molecule has 4 heteroatoms. The van der Waals surface area contributed by atoms with Crippen molar-refractivity contribution < 1.29 is 17.6 Å². The lowest BCUT2D eigenvalue weighted by Gasteiger charge is -2.10. The maximum Gasteiger partial charge on any atom is 0.170 e. The Hall–Kier alpha value is -2.36. The van der Waals surface area contributed by atoms with Gasteiger partial charge in [-0.3, -0.25) is 0 Å². The van der Waals surface area contributed by atoms with Crippen LogP contribution in [0.4, 0.5) is 17.6 Å². The summed E-state index contributed by atoms with van der Waals surface area (Å²) in [5.74, 6) is -5.47. The molecule has 3 aromatic rings. The molecule has 0 aliphatic carbocycles. The van der Waals surface area contributed by atoms with Gasteiger partial charge in [0.1, 0.15) is 0 Å². The summed E-state index contributed by atoms with van der Waals surface area (Å²) in [6.07, 6.45) is 0. The zero-order valence-corrected chi connectivity index (χ0v) is 11.1. The van der Waals surface area contributed by atoms with Crippen LogP contribution in [0, 0.1) is 30.2 Å². The third-order valence-corrected chi connectivity index (χ3v) is 3.52. The van der Waals surface area contributed by atoms with Crippen molar-refractivity contribution in [3.63, 3.8) is 0 Å².